The van der Waals surface area contributed by atoms with Gasteiger partial charge in [0, 0.05) is 4.47 Å². The summed E-state index contributed by atoms with van der Waals surface area (Å²) in [5.41, 5.74) is 2.04. The van der Waals surface area contributed by atoms with Crippen LogP contribution in [0.15, 0.2) is 10.5 Å². The molecular formula is C12H17BrO3. The van der Waals surface area contributed by atoms with Crippen LogP contribution < -0.4 is 9.47 Å². The first-order valence-corrected chi connectivity index (χ1v) is 5.88. The number of aliphatic hydroxyl groups is 1. The van der Waals surface area contributed by atoms with Crippen molar-refractivity contribution in [2.75, 3.05) is 14.2 Å². The summed E-state index contributed by atoms with van der Waals surface area (Å²) < 4.78 is 11.5. The van der Waals surface area contributed by atoms with Gasteiger partial charge in [-0.05, 0) is 37.5 Å². The van der Waals surface area contributed by atoms with Gasteiger partial charge >= 0.3 is 0 Å². The molecule has 1 unspecified atom stereocenters. The molecular weight excluding hydrogens is 272 g/mol. The van der Waals surface area contributed by atoms with E-state index in [0.717, 1.165) is 21.3 Å². The van der Waals surface area contributed by atoms with Crippen LogP contribution in [0.1, 0.15) is 18.1 Å². The van der Waals surface area contributed by atoms with Crippen LogP contribution in [0.5, 0.6) is 11.5 Å². The number of halogens is 1. The van der Waals surface area contributed by atoms with Crippen molar-refractivity contribution in [3.63, 3.8) is 0 Å². The van der Waals surface area contributed by atoms with Gasteiger partial charge < -0.3 is 14.6 Å². The molecule has 0 saturated carbocycles. The number of hydrogen-bond acceptors (Lipinski definition) is 3. The molecule has 0 aliphatic heterocycles. The molecule has 4 heteroatoms. The SMILES string of the molecule is COc1cc(Br)c(CC(C)O)c(C)c1OC. The zero-order valence-electron chi connectivity index (χ0n) is 10.0. The second-order valence-corrected chi connectivity index (χ2v) is 4.60. The van der Waals surface area contributed by atoms with E-state index in [9.17, 15) is 5.11 Å². The van der Waals surface area contributed by atoms with E-state index < -0.39 is 0 Å². The van der Waals surface area contributed by atoms with Crippen molar-refractivity contribution in [2.24, 2.45) is 0 Å². The lowest BCUT2D eigenvalue weighted by Gasteiger charge is -2.17. The number of benzene rings is 1. The third-order valence-electron chi connectivity index (χ3n) is 2.49. The van der Waals surface area contributed by atoms with E-state index in [0.29, 0.717) is 12.2 Å². The molecule has 0 aromatic heterocycles. The number of hydrogen-bond donors (Lipinski definition) is 1. The van der Waals surface area contributed by atoms with E-state index in [1.807, 2.05) is 13.0 Å². The fraction of sp³-hybridized carbons (Fsp3) is 0.500. The van der Waals surface area contributed by atoms with Gasteiger partial charge in [0.25, 0.3) is 0 Å². The van der Waals surface area contributed by atoms with Gasteiger partial charge in [-0.2, -0.15) is 0 Å². The van der Waals surface area contributed by atoms with E-state index in [1.54, 1.807) is 21.1 Å². The first-order chi connectivity index (χ1) is 7.51. The van der Waals surface area contributed by atoms with Gasteiger partial charge in [-0.1, -0.05) is 15.9 Å². The largest absolute Gasteiger partial charge is 0.493 e. The van der Waals surface area contributed by atoms with E-state index in [-0.39, 0.29) is 6.10 Å². The molecule has 3 nitrogen and oxygen atoms in total. The van der Waals surface area contributed by atoms with Crippen molar-refractivity contribution in [3.8, 4) is 11.5 Å². The molecule has 1 atom stereocenters. The highest BCUT2D eigenvalue weighted by atomic mass is 79.9. The Morgan fingerprint density at radius 3 is 2.44 bits per heavy atom. The second-order valence-electron chi connectivity index (χ2n) is 3.75. The van der Waals surface area contributed by atoms with Gasteiger partial charge in [0.1, 0.15) is 0 Å². The lowest BCUT2D eigenvalue weighted by atomic mass is 10.0. The van der Waals surface area contributed by atoms with Crippen LogP contribution in [-0.4, -0.2) is 25.4 Å². The number of rotatable bonds is 4. The first kappa shape index (κ1) is 13.3. The maximum atomic E-state index is 9.45. The molecule has 0 aliphatic rings. The summed E-state index contributed by atoms with van der Waals surface area (Å²) in [6, 6.07) is 1.86. The predicted octanol–water partition coefficient (Wildman–Crippen LogP) is 2.70. The summed E-state index contributed by atoms with van der Waals surface area (Å²) in [7, 11) is 3.23. The predicted molar refractivity (Wildman–Crippen MR) is 67.4 cm³/mol. The van der Waals surface area contributed by atoms with Gasteiger partial charge in [0.05, 0.1) is 20.3 Å². The molecule has 90 valence electrons. The topological polar surface area (TPSA) is 38.7 Å². The number of aliphatic hydroxyl groups excluding tert-OH is 1. The van der Waals surface area contributed by atoms with Crippen LogP contribution in [0.25, 0.3) is 0 Å². The average molecular weight is 289 g/mol. The lowest BCUT2D eigenvalue weighted by Crippen LogP contribution is -2.08. The molecule has 0 spiro atoms. The Bertz CT molecular complexity index is 375. The zero-order valence-corrected chi connectivity index (χ0v) is 11.6. The number of ether oxygens (including phenoxy) is 2. The van der Waals surface area contributed by atoms with Gasteiger partial charge in [-0.3, -0.25) is 0 Å². The van der Waals surface area contributed by atoms with Gasteiger partial charge in [-0.15, -0.1) is 0 Å². The maximum absolute atomic E-state index is 9.45. The standard InChI is InChI=1S/C12H17BrO3/c1-7(14)5-9-8(2)12(16-4)11(15-3)6-10(9)13/h6-7,14H,5H2,1-4H3. The normalized spacial score (nSPS) is 12.4. The maximum Gasteiger partial charge on any atom is 0.163 e. The van der Waals surface area contributed by atoms with E-state index in [1.165, 1.54) is 0 Å². The summed E-state index contributed by atoms with van der Waals surface area (Å²) >= 11 is 3.48. The fourth-order valence-electron chi connectivity index (χ4n) is 1.72. The van der Waals surface area contributed by atoms with Gasteiger partial charge in [0.2, 0.25) is 0 Å². The monoisotopic (exact) mass is 288 g/mol. The molecule has 1 N–H and O–H groups in total. The molecule has 0 amide bonds. The third kappa shape index (κ3) is 2.68. The van der Waals surface area contributed by atoms with Crippen molar-refractivity contribution in [1.29, 1.82) is 0 Å². The molecule has 0 radical (unpaired) electrons. The summed E-state index contributed by atoms with van der Waals surface area (Å²) in [6.45, 7) is 3.73. The van der Waals surface area contributed by atoms with Crippen molar-refractivity contribution in [1.82, 2.24) is 0 Å². The van der Waals surface area contributed by atoms with Crippen LogP contribution in [-0.2, 0) is 6.42 Å². The molecule has 0 saturated heterocycles. The first-order valence-electron chi connectivity index (χ1n) is 5.09. The fourth-order valence-corrected chi connectivity index (χ4v) is 2.39. The summed E-state index contributed by atoms with van der Waals surface area (Å²) in [4.78, 5) is 0. The molecule has 1 aromatic carbocycles. The van der Waals surface area contributed by atoms with Crippen LogP contribution in [0.3, 0.4) is 0 Å². The second kappa shape index (κ2) is 5.55. The minimum absolute atomic E-state index is 0.381. The van der Waals surface area contributed by atoms with E-state index in [4.69, 9.17) is 9.47 Å². The Balaban J connectivity index is 3.29. The molecule has 1 rings (SSSR count). The zero-order chi connectivity index (χ0) is 12.3. The third-order valence-corrected chi connectivity index (χ3v) is 3.19. The molecule has 1 aromatic rings. The summed E-state index contributed by atoms with van der Waals surface area (Å²) in [5, 5.41) is 9.45. The Morgan fingerprint density at radius 2 is 2.00 bits per heavy atom. The highest BCUT2D eigenvalue weighted by molar-refractivity contribution is 9.10. The van der Waals surface area contributed by atoms with Gasteiger partial charge in [0.15, 0.2) is 11.5 Å². The molecule has 0 heterocycles. The van der Waals surface area contributed by atoms with E-state index in [2.05, 4.69) is 15.9 Å². The van der Waals surface area contributed by atoms with Crippen LogP contribution in [0.2, 0.25) is 0 Å². The highest BCUT2D eigenvalue weighted by Crippen LogP contribution is 2.38. The Labute approximate surface area is 105 Å². The summed E-state index contributed by atoms with van der Waals surface area (Å²) in [6.07, 6.45) is 0.209. The van der Waals surface area contributed by atoms with Crippen molar-refractivity contribution < 1.29 is 14.6 Å². The van der Waals surface area contributed by atoms with Crippen molar-refractivity contribution in [3.05, 3.63) is 21.7 Å². The molecule has 0 aliphatic carbocycles. The minimum Gasteiger partial charge on any atom is -0.493 e. The Hall–Kier alpha value is -0.740. The number of methoxy groups -OCH3 is 2. The highest BCUT2D eigenvalue weighted by Gasteiger charge is 2.16. The molecule has 0 bridgehead atoms. The van der Waals surface area contributed by atoms with E-state index >= 15 is 0 Å². The molecule has 0 fully saturated rings. The Morgan fingerprint density at radius 1 is 1.38 bits per heavy atom. The Kier molecular flexibility index (Phi) is 4.62. The summed E-state index contributed by atoms with van der Waals surface area (Å²) in [5.74, 6) is 1.42. The molecule has 16 heavy (non-hydrogen) atoms. The average Bonchev–Trinajstić information content (AvgIpc) is 2.23. The van der Waals surface area contributed by atoms with Crippen LogP contribution >= 0.6 is 15.9 Å². The smallest absolute Gasteiger partial charge is 0.163 e. The quantitative estimate of drug-likeness (QED) is 0.926. The van der Waals surface area contributed by atoms with Crippen molar-refractivity contribution >= 4 is 15.9 Å². The van der Waals surface area contributed by atoms with Crippen LogP contribution in [0.4, 0.5) is 0 Å². The lowest BCUT2D eigenvalue weighted by molar-refractivity contribution is 0.195. The van der Waals surface area contributed by atoms with Gasteiger partial charge in [-0.25, -0.2) is 0 Å². The van der Waals surface area contributed by atoms with Crippen molar-refractivity contribution in [2.45, 2.75) is 26.4 Å². The minimum atomic E-state index is -0.381. The van der Waals surface area contributed by atoms with Crippen LogP contribution in [0, 0.1) is 6.92 Å².